The molecule has 0 heterocycles. The molecular weight excluding hydrogens is 298 g/mol. The molecule has 0 fully saturated rings. The largest absolute Gasteiger partial charge is 0.490 e. The Morgan fingerprint density at radius 3 is 2.72 bits per heavy atom. The lowest BCUT2D eigenvalue weighted by molar-refractivity contribution is 0.0162. The molecule has 0 radical (unpaired) electrons. The maximum Gasteiger partial charge on any atom is 0.124 e. The Balaban J connectivity index is 2.61. The number of rotatable bonds is 7. The summed E-state index contributed by atoms with van der Waals surface area (Å²) in [6.45, 7) is 4.84. The van der Waals surface area contributed by atoms with Crippen LogP contribution >= 0.6 is 15.9 Å². The molecule has 1 unspecified atom stereocenters. The third kappa shape index (κ3) is 4.94. The van der Waals surface area contributed by atoms with Gasteiger partial charge in [-0.3, -0.25) is 0 Å². The summed E-state index contributed by atoms with van der Waals surface area (Å²) < 4.78 is 11.7. The van der Waals surface area contributed by atoms with Crippen LogP contribution in [-0.2, 0) is 4.74 Å². The number of halogens is 1. The number of nitrogens with two attached hydrogens (primary N) is 1. The van der Waals surface area contributed by atoms with Gasteiger partial charge in [0, 0.05) is 22.7 Å². The van der Waals surface area contributed by atoms with Crippen molar-refractivity contribution in [3.05, 3.63) is 28.2 Å². The number of hydrogen-bond donors (Lipinski definition) is 2. The van der Waals surface area contributed by atoms with Gasteiger partial charge in [0.2, 0.25) is 0 Å². The highest BCUT2D eigenvalue weighted by atomic mass is 79.9. The number of aliphatic hydroxyl groups is 1. The van der Waals surface area contributed by atoms with Crippen LogP contribution < -0.4 is 10.5 Å². The van der Waals surface area contributed by atoms with Gasteiger partial charge in [-0.1, -0.05) is 15.9 Å². The second-order valence-electron chi connectivity index (χ2n) is 4.10. The average Bonchev–Trinajstić information content (AvgIpc) is 2.34. The zero-order valence-corrected chi connectivity index (χ0v) is 12.3. The van der Waals surface area contributed by atoms with Crippen molar-refractivity contribution in [1.82, 2.24) is 0 Å². The minimum Gasteiger partial charge on any atom is -0.490 e. The van der Waals surface area contributed by atoms with Crippen molar-refractivity contribution in [2.24, 2.45) is 5.73 Å². The maximum atomic E-state index is 9.64. The summed E-state index contributed by atoms with van der Waals surface area (Å²) in [5.41, 5.74) is 6.79. The molecule has 5 heteroatoms. The van der Waals surface area contributed by atoms with Crippen LogP contribution in [0.15, 0.2) is 22.7 Å². The molecule has 3 N–H and O–H groups in total. The first-order chi connectivity index (χ1) is 8.54. The predicted molar refractivity (Wildman–Crippen MR) is 74.7 cm³/mol. The van der Waals surface area contributed by atoms with Crippen molar-refractivity contribution in [2.45, 2.75) is 26.0 Å². The normalized spacial score (nSPS) is 14.3. The second-order valence-corrected chi connectivity index (χ2v) is 5.01. The Morgan fingerprint density at radius 2 is 2.11 bits per heavy atom. The molecule has 0 aliphatic carbocycles. The molecule has 0 aromatic heterocycles. The summed E-state index contributed by atoms with van der Waals surface area (Å²) in [5, 5.41) is 9.64. The van der Waals surface area contributed by atoms with E-state index in [9.17, 15) is 5.11 Å². The molecule has 0 aliphatic rings. The van der Waals surface area contributed by atoms with Crippen LogP contribution in [-0.4, -0.2) is 31.0 Å². The Bertz CT molecular complexity index is 371. The van der Waals surface area contributed by atoms with Crippen molar-refractivity contribution in [2.75, 3.05) is 19.8 Å². The monoisotopic (exact) mass is 317 g/mol. The molecule has 0 aliphatic heterocycles. The molecule has 2 atom stereocenters. The lowest BCUT2D eigenvalue weighted by Gasteiger charge is -2.17. The summed E-state index contributed by atoms with van der Waals surface area (Å²) in [7, 11) is 0. The molecule has 1 aromatic carbocycles. The van der Waals surface area contributed by atoms with Crippen molar-refractivity contribution in [3.8, 4) is 5.75 Å². The van der Waals surface area contributed by atoms with E-state index in [2.05, 4.69) is 15.9 Å². The fourth-order valence-corrected chi connectivity index (χ4v) is 1.87. The Labute approximate surface area is 116 Å². The Kier molecular flexibility index (Phi) is 6.63. The summed E-state index contributed by atoms with van der Waals surface area (Å²) in [6, 6.07) is 5.53. The quantitative estimate of drug-likeness (QED) is 0.809. The van der Waals surface area contributed by atoms with Gasteiger partial charge >= 0.3 is 0 Å². The van der Waals surface area contributed by atoms with Crippen molar-refractivity contribution < 1.29 is 14.6 Å². The molecule has 0 bridgehead atoms. The van der Waals surface area contributed by atoms with E-state index >= 15 is 0 Å². The number of benzene rings is 1. The minimum atomic E-state index is -0.630. The van der Waals surface area contributed by atoms with Crippen LogP contribution in [0.25, 0.3) is 0 Å². The Morgan fingerprint density at radius 1 is 1.39 bits per heavy atom. The van der Waals surface area contributed by atoms with Crippen LogP contribution in [0.2, 0.25) is 0 Å². The number of ether oxygens (including phenoxy) is 2. The van der Waals surface area contributed by atoms with Gasteiger partial charge in [0.25, 0.3) is 0 Å². The molecule has 1 aromatic rings. The van der Waals surface area contributed by atoms with E-state index in [0.717, 1.165) is 10.0 Å². The first kappa shape index (κ1) is 15.4. The highest BCUT2D eigenvalue weighted by Crippen LogP contribution is 2.27. The van der Waals surface area contributed by atoms with Gasteiger partial charge < -0.3 is 20.3 Å². The molecule has 4 nitrogen and oxygen atoms in total. The molecule has 0 saturated heterocycles. The molecule has 102 valence electrons. The highest BCUT2D eigenvalue weighted by molar-refractivity contribution is 9.10. The van der Waals surface area contributed by atoms with Crippen molar-refractivity contribution in [3.63, 3.8) is 0 Å². The van der Waals surface area contributed by atoms with Crippen LogP contribution in [0.1, 0.15) is 25.5 Å². The standard InChI is InChI=1S/C13H20BrNO3/c1-3-17-7-11(16)8-18-13-5-4-10(14)6-12(13)9(2)15/h4-6,9,11,16H,3,7-8,15H2,1-2H3/t9-,11?/m0/s1. The van der Waals surface area contributed by atoms with Gasteiger partial charge in [-0.2, -0.15) is 0 Å². The number of hydrogen-bond acceptors (Lipinski definition) is 4. The van der Waals surface area contributed by atoms with Crippen LogP contribution in [0.5, 0.6) is 5.75 Å². The highest BCUT2D eigenvalue weighted by Gasteiger charge is 2.11. The van der Waals surface area contributed by atoms with E-state index in [-0.39, 0.29) is 19.3 Å². The first-order valence-corrected chi connectivity index (χ1v) is 6.77. The van der Waals surface area contributed by atoms with Crippen molar-refractivity contribution in [1.29, 1.82) is 0 Å². The summed E-state index contributed by atoms with van der Waals surface area (Å²) in [5.74, 6) is 0.698. The molecule has 1 rings (SSSR count). The topological polar surface area (TPSA) is 64.7 Å². The predicted octanol–water partition coefficient (Wildman–Crippen LogP) is 2.25. The van der Waals surface area contributed by atoms with E-state index < -0.39 is 6.10 Å². The third-order valence-electron chi connectivity index (χ3n) is 2.41. The van der Waals surface area contributed by atoms with Gasteiger partial charge in [0.1, 0.15) is 18.5 Å². The minimum absolute atomic E-state index is 0.124. The average molecular weight is 318 g/mol. The lowest BCUT2D eigenvalue weighted by Crippen LogP contribution is -2.24. The van der Waals surface area contributed by atoms with Gasteiger partial charge in [0.05, 0.1) is 6.61 Å². The maximum absolute atomic E-state index is 9.64. The van der Waals surface area contributed by atoms with Gasteiger partial charge in [-0.05, 0) is 32.0 Å². The van der Waals surface area contributed by atoms with Crippen LogP contribution in [0.4, 0.5) is 0 Å². The van der Waals surface area contributed by atoms with Gasteiger partial charge in [-0.25, -0.2) is 0 Å². The van der Waals surface area contributed by atoms with E-state index in [0.29, 0.717) is 12.4 Å². The molecule has 0 spiro atoms. The summed E-state index contributed by atoms with van der Waals surface area (Å²) >= 11 is 3.40. The molecule has 18 heavy (non-hydrogen) atoms. The fraction of sp³-hybridized carbons (Fsp3) is 0.538. The van der Waals surface area contributed by atoms with E-state index in [1.54, 1.807) is 0 Å². The molecular formula is C13H20BrNO3. The lowest BCUT2D eigenvalue weighted by atomic mass is 10.1. The summed E-state index contributed by atoms with van der Waals surface area (Å²) in [6.07, 6.45) is -0.630. The molecule has 0 saturated carbocycles. The smallest absolute Gasteiger partial charge is 0.124 e. The zero-order valence-electron chi connectivity index (χ0n) is 10.7. The Hall–Kier alpha value is -0.620. The van der Waals surface area contributed by atoms with Crippen LogP contribution in [0.3, 0.4) is 0 Å². The van der Waals surface area contributed by atoms with E-state index in [1.807, 2.05) is 32.0 Å². The van der Waals surface area contributed by atoms with Crippen molar-refractivity contribution >= 4 is 15.9 Å². The molecule has 0 amide bonds. The SMILES string of the molecule is CCOCC(O)COc1ccc(Br)cc1[C@H](C)N. The third-order valence-corrected chi connectivity index (χ3v) is 2.90. The van der Waals surface area contributed by atoms with E-state index in [1.165, 1.54) is 0 Å². The van der Waals surface area contributed by atoms with E-state index in [4.69, 9.17) is 15.2 Å². The zero-order chi connectivity index (χ0) is 13.5. The van der Waals surface area contributed by atoms with Gasteiger partial charge in [0.15, 0.2) is 0 Å². The first-order valence-electron chi connectivity index (χ1n) is 5.98. The second kappa shape index (κ2) is 7.74. The summed E-state index contributed by atoms with van der Waals surface area (Å²) in [4.78, 5) is 0. The number of aliphatic hydroxyl groups excluding tert-OH is 1. The van der Waals surface area contributed by atoms with Gasteiger partial charge in [-0.15, -0.1) is 0 Å². The fourth-order valence-electron chi connectivity index (χ4n) is 1.49. The van der Waals surface area contributed by atoms with Crippen LogP contribution in [0, 0.1) is 0 Å².